The van der Waals surface area contributed by atoms with Gasteiger partial charge in [0.1, 0.15) is 0 Å². The number of amides is 1. The normalized spacial score (nSPS) is 13.0. The number of nitrogens with one attached hydrogen (secondary N) is 1. The third kappa shape index (κ3) is 3.44. The Morgan fingerprint density at radius 1 is 1.33 bits per heavy atom. The van der Waals surface area contributed by atoms with Gasteiger partial charge >= 0.3 is 0 Å². The molecule has 0 aliphatic rings. The molecule has 0 aromatic heterocycles. The fourth-order valence-corrected chi connectivity index (χ4v) is 2.79. The number of nitrogens with two attached hydrogens (primary N) is 2. The van der Waals surface area contributed by atoms with E-state index in [9.17, 15) is 13.2 Å². The van der Waals surface area contributed by atoms with E-state index in [1.165, 1.54) is 24.3 Å². The van der Waals surface area contributed by atoms with Crippen LogP contribution in [0.25, 0.3) is 0 Å². The van der Waals surface area contributed by atoms with Crippen molar-refractivity contribution in [2.45, 2.75) is 18.6 Å². The number of primary amides is 1. The second-order valence-electron chi connectivity index (χ2n) is 3.85. The zero-order chi connectivity index (χ0) is 13.8. The lowest BCUT2D eigenvalue weighted by Crippen LogP contribution is -2.33. The summed E-state index contributed by atoms with van der Waals surface area (Å²) in [5.41, 5.74) is 11.2. The average molecular weight is 271 g/mol. The number of anilines is 1. The summed E-state index contributed by atoms with van der Waals surface area (Å²) in [5, 5.41) is -0.631. The maximum absolute atomic E-state index is 11.9. The summed E-state index contributed by atoms with van der Waals surface area (Å²) in [6.07, 6.45) is 0.436. The number of benzene rings is 1. The molecule has 1 unspecified atom stereocenters. The van der Waals surface area contributed by atoms with Gasteiger partial charge in [0.2, 0.25) is 15.9 Å². The minimum Gasteiger partial charge on any atom is -0.366 e. The fourth-order valence-electron chi connectivity index (χ4n) is 1.46. The molecule has 0 bridgehead atoms. The molecular weight excluding hydrogens is 254 g/mol. The van der Waals surface area contributed by atoms with E-state index in [1.807, 2.05) is 0 Å². The van der Waals surface area contributed by atoms with Gasteiger partial charge in [-0.05, 0) is 30.7 Å². The Morgan fingerprint density at radius 3 is 2.28 bits per heavy atom. The summed E-state index contributed by atoms with van der Waals surface area (Å²) in [4.78, 5) is 10.9. The van der Waals surface area contributed by atoms with Crippen LogP contribution in [0.2, 0.25) is 0 Å². The van der Waals surface area contributed by atoms with Crippen molar-refractivity contribution in [3.8, 4) is 0 Å². The minimum absolute atomic E-state index is 0.0607. The molecule has 6 nitrogen and oxygen atoms in total. The van der Waals surface area contributed by atoms with Crippen LogP contribution in [0.4, 0.5) is 5.69 Å². The molecule has 0 aliphatic carbocycles. The Balaban J connectivity index is 2.88. The van der Waals surface area contributed by atoms with Crippen LogP contribution in [0.1, 0.15) is 23.7 Å². The number of hydrogen-bond donors (Lipinski definition) is 3. The highest BCUT2D eigenvalue weighted by Crippen LogP contribution is 2.14. The van der Waals surface area contributed by atoms with E-state index in [4.69, 9.17) is 11.5 Å². The number of carbonyl (C=O) groups excluding carboxylic acids is 1. The smallest absolute Gasteiger partial charge is 0.248 e. The number of hydrogen-bond acceptors (Lipinski definition) is 4. The molecule has 0 heterocycles. The van der Waals surface area contributed by atoms with Crippen LogP contribution in [0, 0.1) is 0 Å². The number of sulfonamides is 1. The Labute approximate surface area is 106 Å². The molecule has 100 valence electrons. The van der Waals surface area contributed by atoms with Crippen molar-refractivity contribution in [2.75, 3.05) is 11.3 Å². The lowest BCUT2D eigenvalue weighted by atomic mass is 10.2. The van der Waals surface area contributed by atoms with Gasteiger partial charge < -0.3 is 11.5 Å². The second-order valence-corrected chi connectivity index (χ2v) is 5.82. The fraction of sp³-hybridized carbons (Fsp3) is 0.364. The quantitative estimate of drug-likeness (QED) is 0.688. The van der Waals surface area contributed by atoms with Crippen LogP contribution in [-0.2, 0) is 10.0 Å². The molecular formula is C11H17N3O3S. The summed E-state index contributed by atoms with van der Waals surface area (Å²) in [7, 11) is -3.50. The second kappa shape index (κ2) is 5.83. The van der Waals surface area contributed by atoms with Crippen molar-refractivity contribution < 1.29 is 13.2 Å². The van der Waals surface area contributed by atoms with Crippen LogP contribution in [0.15, 0.2) is 24.3 Å². The highest BCUT2D eigenvalue weighted by Gasteiger charge is 2.22. The Hall–Kier alpha value is -1.60. The van der Waals surface area contributed by atoms with Gasteiger partial charge in [0.05, 0.1) is 5.25 Å². The van der Waals surface area contributed by atoms with E-state index in [0.29, 0.717) is 17.7 Å². The topological polar surface area (TPSA) is 115 Å². The third-order valence-electron chi connectivity index (χ3n) is 2.59. The van der Waals surface area contributed by atoms with Gasteiger partial charge in [-0.3, -0.25) is 9.52 Å². The van der Waals surface area contributed by atoms with Gasteiger partial charge in [-0.2, -0.15) is 0 Å². The molecule has 0 saturated carbocycles. The van der Waals surface area contributed by atoms with E-state index >= 15 is 0 Å². The van der Waals surface area contributed by atoms with Crippen molar-refractivity contribution in [2.24, 2.45) is 11.5 Å². The van der Waals surface area contributed by atoms with Gasteiger partial charge in [0.15, 0.2) is 0 Å². The molecule has 18 heavy (non-hydrogen) atoms. The van der Waals surface area contributed by atoms with Crippen molar-refractivity contribution in [1.82, 2.24) is 0 Å². The van der Waals surface area contributed by atoms with Crippen LogP contribution < -0.4 is 16.2 Å². The van der Waals surface area contributed by atoms with Crippen LogP contribution in [0.5, 0.6) is 0 Å². The van der Waals surface area contributed by atoms with Gasteiger partial charge in [-0.25, -0.2) is 8.42 Å². The minimum atomic E-state index is -3.50. The van der Waals surface area contributed by atoms with Crippen molar-refractivity contribution in [3.05, 3.63) is 29.8 Å². The molecule has 0 saturated heterocycles. The van der Waals surface area contributed by atoms with Gasteiger partial charge in [-0.1, -0.05) is 6.92 Å². The average Bonchev–Trinajstić information content (AvgIpc) is 2.30. The number of carbonyl (C=O) groups is 1. The predicted octanol–water partition coefficient (Wildman–Crippen LogP) is 0.265. The summed E-state index contributed by atoms with van der Waals surface area (Å²) >= 11 is 0. The first-order valence-electron chi connectivity index (χ1n) is 5.52. The Bertz CT molecular complexity index is 507. The zero-order valence-electron chi connectivity index (χ0n) is 10.1. The van der Waals surface area contributed by atoms with Crippen molar-refractivity contribution in [1.29, 1.82) is 0 Å². The molecule has 1 atom stereocenters. The molecule has 0 spiro atoms. The predicted molar refractivity (Wildman–Crippen MR) is 70.6 cm³/mol. The van der Waals surface area contributed by atoms with Crippen LogP contribution >= 0.6 is 0 Å². The lowest BCUT2D eigenvalue weighted by Gasteiger charge is -2.15. The SMILES string of the molecule is CCC(CN)S(=O)(=O)Nc1ccc(C(N)=O)cc1. The molecule has 1 aromatic rings. The van der Waals surface area contributed by atoms with Gasteiger partial charge in [0.25, 0.3) is 0 Å². The van der Waals surface area contributed by atoms with E-state index < -0.39 is 21.2 Å². The summed E-state index contributed by atoms with van der Waals surface area (Å²) < 4.78 is 26.2. The first kappa shape index (κ1) is 14.5. The first-order chi connectivity index (χ1) is 8.40. The maximum atomic E-state index is 11.9. The summed E-state index contributed by atoms with van der Waals surface area (Å²) in [5.74, 6) is -0.558. The molecule has 1 rings (SSSR count). The summed E-state index contributed by atoms with van der Waals surface area (Å²) in [6, 6.07) is 5.90. The van der Waals surface area contributed by atoms with Crippen molar-refractivity contribution >= 4 is 21.6 Å². The van der Waals surface area contributed by atoms with Gasteiger partial charge in [0, 0.05) is 17.8 Å². The van der Waals surface area contributed by atoms with E-state index in [0.717, 1.165) is 0 Å². The van der Waals surface area contributed by atoms with Crippen LogP contribution in [0.3, 0.4) is 0 Å². The van der Waals surface area contributed by atoms with E-state index in [-0.39, 0.29) is 6.54 Å². The highest BCUT2D eigenvalue weighted by molar-refractivity contribution is 7.93. The number of rotatable bonds is 6. The third-order valence-corrected chi connectivity index (χ3v) is 4.51. The molecule has 0 radical (unpaired) electrons. The van der Waals surface area contributed by atoms with E-state index in [1.54, 1.807) is 6.92 Å². The Kier molecular flexibility index (Phi) is 4.69. The molecule has 1 amide bonds. The molecule has 5 N–H and O–H groups in total. The largest absolute Gasteiger partial charge is 0.366 e. The lowest BCUT2D eigenvalue weighted by molar-refractivity contribution is 0.100. The molecule has 7 heteroatoms. The molecule has 0 aliphatic heterocycles. The maximum Gasteiger partial charge on any atom is 0.248 e. The highest BCUT2D eigenvalue weighted by atomic mass is 32.2. The molecule has 1 aromatic carbocycles. The van der Waals surface area contributed by atoms with E-state index in [2.05, 4.69) is 4.72 Å². The first-order valence-corrected chi connectivity index (χ1v) is 7.07. The standard InChI is InChI=1S/C11H17N3O3S/c1-2-10(7-12)18(16,17)14-9-5-3-8(4-6-9)11(13)15/h3-6,10,14H,2,7,12H2,1H3,(H2,13,15). The summed E-state index contributed by atoms with van der Waals surface area (Å²) in [6.45, 7) is 1.82. The monoisotopic (exact) mass is 271 g/mol. The Morgan fingerprint density at radius 2 is 1.89 bits per heavy atom. The zero-order valence-corrected chi connectivity index (χ0v) is 10.9. The molecule has 0 fully saturated rings. The van der Waals surface area contributed by atoms with Crippen molar-refractivity contribution in [3.63, 3.8) is 0 Å². The van der Waals surface area contributed by atoms with Gasteiger partial charge in [-0.15, -0.1) is 0 Å². The van der Waals surface area contributed by atoms with Crippen LogP contribution in [-0.4, -0.2) is 26.1 Å².